The van der Waals surface area contributed by atoms with Gasteiger partial charge in [-0.25, -0.2) is 0 Å². The molecule has 0 amide bonds. The standard InChI is InChI=1S/C16H15BrO4S/c1-11-3-6-13(7-4-11)22(19,20)21-16-9-12(2)5-8-14(16)15(18)10-17/h3-9H,10H2,1-2H3. The SMILES string of the molecule is Cc1ccc(S(=O)(=O)Oc2cc(C)ccc2C(=O)CBr)cc1. The molecular weight excluding hydrogens is 368 g/mol. The van der Waals surface area contributed by atoms with Crippen molar-refractivity contribution in [3.63, 3.8) is 0 Å². The highest BCUT2D eigenvalue weighted by Gasteiger charge is 2.20. The largest absolute Gasteiger partial charge is 0.378 e. The van der Waals surface area contributed by atoms with Gasteiger partial charge in [-0.1, -0.05) is 39.7 Å². The van der Waals surface area contributed by atoms with Crippen molar-refractivity contribution in [2.45, 2.75) is 18.7 Å². The Morgan fingerprint density at radius 1 is 1.05 bits per heavy atom. The number of rotatable bonds is 5. The van der Waals surface area contributed by atoms with Crippen molar-refractivity contribution >= 4 is 31.8 Å². The topological polar surface area (TPSA) is 60.4 Å². The number of alkyl halides is 1. The summed E-state index contributed by atoms with van der Waals surface area (Å²) in [7, 11) is -3.98. The van der Waals surface area contributed by atoms with Crippen LogP contribution >= 0.6 is 15.9 Å². The lowest BCUT2D eigenvalue weighted by Crippen LogP contribution is -2.13. The Hall–Kier alpha value is -1.66. The molecule has 0 fully saturated rings. The lowest BCUT2D eigenvalue weighted by Gasteiger charge is -2.11. The van der Waals surface area contributed by atoms with Crippen molar-refractivity contribution in [2.75, 3.05) is 5.33 Å². The molecule has 0 saturated heterocycles. The number of carbonyl (C=O) groups excluding carboxylic acids is 1. The molecule has 0 aliphatic heterocycles. The first-order valence-corrected chi connectivity index (χ1v) is 9.07. The van der Waals surface area contributed by atoms with E-state index in [2.05, 4.69) is 15.9 Å². The Bertz CT molecular complexity index is 795. The van der Waals surface area contributed by atoms with E-state index in [1.165, 1.54) is 12.1 Å². The smallest absolute Gasteiger partial charge is 0.339 e. The summed E-state index contributed by atoms with van der Waals surface area (Å²) in [5.74, 6) is -0.195. The first-order valence-electron chi connectivity index (χ1n) is 6.54. The molecule has 0 aliphatic rings. The minimum absolute atomic E-state index is 0.0463. The summed E-state index contributed by atoms with van der Waals surface area (Å²) in [6.45, 7) is 3.67. The van der Waals surface area contributed by atoms with E-state index in [4.69, 9.17) is 4.18 Å². The highest BCUT2D eigenvalue weighted by molar-refractivity contribution is 9.09. The van der Waals surface area contributed by atoms with Gasteiger partial charge in [-0.3, -0.25) is 4.79 Å². The Labute approximate surface area is 138 Å². The van der Waals surface area contributed by atoms with Gasteiger partial charge in [0.05, 0.1) is 10.9 Å². The van der Waals surface area contributed by atoms with Crippen molar-refractivity contribution in [1.29, 1.82) is 0 Å². The Morgan fingerprint density at radius 3 is 2.23 bits per heavy atom. The maximum atomic E-state index is 12.3. The number of benzene rings is 2. The van der Waals surface area contributed by atoms with Crippen molar-refractivity contribution in [3.8, 4) is 5.75 Å². The maximum absolute atomic E-state index is 12.3. The van der Waals surface area contributed by atoms with Crippen molar-refractivity contribution in [3.05, 3.63) is 59.2 Å². The van der Waals surface area contributed by atoms with Gasteiger partial charge in [-0.15, -0.1) is 0 Å². The number of aryl methyl sites for hydroxylation is 2. The van der Waals surface area contributed by atoms with Crippen LogP contribution in [-0.4, -0.2) is 19.5 Å². The van der Waals surface area contributed by atoms with Crippen LogP contribution in [0.1, 0.15) is 21.5 Å². The molecule has 0 aliphatic carbocycles. The lowest BCUT2D eigenvalue weighted by atomic mass is 10.1. The van der Waals surface area contributed by atoms with E-state index >= 15 is 0 Å². The van der Waals surface area contributed by atoms with Crippen molar-refractivity contribution < 1.29 is 17.4 Å². The van der Waals surface area contributed by atoms with Crippen LogP contribution in [0, 0.1) is 13.8 Å². The minimum Gasteiger partial charge on any atom is -0.378 e. The third-order valence-electron chi connectivity index (χ3n) is 3.07. The average Bonchev–Trinajstić information content (AvgIpc) is 2.46. The van der Waals surface area contributed by atoms with Crippen LogP contribution in [0.2, 0.25) is 0 Å². The number of Topliss-reactive ketones (excluding diaryl/α,β-unsaturated/α-hetero) is 1. The fourth-order valence-corrected chi connectivity index (χ4v) is 3.11. The maximum Gasteiger partial charge on any atom is 0.339 e. The van der Waals surface area contributed by atoms with E-state index in [1.807, 2.05) is 6.92 Å². The molecule has 6 heteroatoms. The summed E-state index contributed by atoms with van der Waals surface area (Å²) in [6, 6.07) is 11.2. The Kier molecular flexibility index (Phi) is 5.03. The number of halogens is 1. The molecule has 0 N–H and O–H groups in total. The minimum atomic E-state index is -3.98. The van der Waals surface area contributed by atoms with Gasteiger partial charge in [0.25, 0.3) is 0 Å². The molecule has 2 aromatic rings. The summed E-state index contributed by atoms with van der Waals surface area (Å²) in [4.78, 5) is 11.9. The fourth-order valence-electron chi connectivity index (χ4n) is 1.87. The Morgan fingerprint density at radius 2 is 1.64 bits per heavy atom. The second-order valence-electron chi connectivity index (χ2n) is 4.91. The van der Waals surface area contributed by atoms with E-state index in [0.29, 0.717) is 0 Å². The van der Waals surface area contributed by atoms with Crippen LogP contribution in [0.4, 0.5) is 0 Å². The number of carbonyl (C=O) groups is 1. The molecule has 0 saturated carbocycles. The number of ketones is 1. The molecule has 2 rings (SSSR count). The van der Waals surface area contributed by atoms with Crippen LogP contribution in [0.3, 0.4) is 0 Å². The van der Waals surface area contributed by atoms with Crippen LogP contribution < -0.4 is 4.18 Å². The molecular formula is C16H15BrO4S. The molecule has 22 heavy (non-hydrogen) atoms. The zero-order chi connectivity index (χ0) is 16.3. The predicted octanol–water partition coefficient (Wildman–Crippen LogP) is 3.65. The molecule has 4 nitrogen and oxygen atoms in total. The summed E-state index contributed by atoms with van der Waals surface area (Å²) in [5.41, 5.74) is 1.99. The molecule has 0 bridgehead atoms. The Balaban J connectivity index is 2.43. The van der Waals surface area contributed by atoms with Gasteiger partial charge < -0.3 is 4.18 Å². The van der Waals surface area contributed by atoms with Gasteiger partial charge in [0.2, 0.25) is 0 Å². The van der Waals surface area contributed by atoms with Gasteiger partial charge in [0, 0.05) is 0 Å². The third kappa shape index (κ3) is 3.75. The zero-order valence-electron chi connectivity index (χ0n) is 12.2. The van der Waals surface area contributed by atoms with E-state index in [1.54, 1.807) is 37.3 Å². The monoisotopic (exact) mass is 382 g/mol. The summed E-state index contributed by atoms with van der Waals surface area (Å²) in [6.07, 6.45) is 0. The fraction of sp³-hybridized carbons (Fsp3) is 0.188. The summed E-state index contributed by atoms with van der Waals surface area (Å²) >= 11 is 3.08. The van der Waals surface area contributed by atoms with Crippen LogP contribution in [0.25, 0.3) is 0 Å². The van der Waals surface area contributed by atoms with Gasteiger partial charge >= 0.3 is 10.1 Å². The molecule has 0 atom stereocenters. The molecule has 0 unspecified atom stereocenters. The van der Waals surface area contributed by atoms with Crippen LogP contribution in [0.5, 0.6) is 5.75 Å². The number of hydrogen-bond acceptors (Lipinski definition) is 4. The van der Waals surface area contributed by atoms with Crippen LogP contribution in [0.15, 0.2) is 47.4 Å². The highest BCUT2D eigenvalue weighted by atomic mass is 79.9. The molecule has 0 heterocycles. The van der Waals surface area contributed by atoms with Gasteiger partial charge in [0.1, 0.15) is 4.90 Å². The summed E-state index contributed by atoms with van der Waals surface area (Å²) in [5, 5.41) is 0.0942. The molecule has 2 aromatic carbocycles. The quantitative estimate of drug-likeness (QED) is 0.449. The zero-order valence-corrected chi connectivity index (χ0v) is 14.6. The third-order valence-corrected chi connectivity index (χ3v) is 4.83. The normalized spacial score (nSPS) is 11.2. The average molecular weight is 383 g/mol. The van der Waals surface area contributed by atoms with E-state index in [0.717, 1.165) is 11.1 Å². The first-order chi connectivity index (χ1) is 10.3. The van der Waals surface area contributed by atoms with Crippen molar-refractivity contribution in [2.24, 2.45) is 0 Å². The molecule has 0 radical (unpaired) electrons. The predicted molar refractivity (Wildman–Crippen MR) is 88.3 cm³/mol. The van der Waals surface area contributed by atoms with Crippen molar-refractivity contribution in [1.82, 2.24) is 0 Å². The van der Waals surface area contributed by atoms with Gasteiger partial charge in [-0.05, 0) is 43.7 Å². The van der Waals surface area contributed by atoms with E-state index in [-0.39, 0.29) is 27.3 Å². The molecule has 0 aromatic heterocycles. The second-order valence-corrected chi connectivity index (χ2v) is 7.01. The van der Waals surface area contributed by atoms with E-state index < -0.39 is 10.1 Å². The number of hydrogen-bond donors (Lipinski definition) is 0. The molecule has 0 spiro atoms. The van der Waals surface area contributed by atoms with E-state index in [9.17, 15) is 13.2 Å². The van der Waals surface area contributed by atoms with Gasteiger partial charge in [0.15, 0.2) is 11.5 Å². The van der Waals surface area contributed by atoms with Gasteiger partial charge in [-0.2, -0.15) is 8.42 Å². The summed E-state index contributed by atoms with van der Waals surface area (Å²) < 4.78 is 29.9. The first kappa shape index (κ1) is 16.7. The second kappa shape index (κ2) is 6.62. The van der Waals surface area contributed by atoms with Crippen LogP contribution in [-0.2, 0) is 10.1 Å². The highest BCUT2D eigenvalue weighted by Crippen LogP contribution is 2.25. The lowest BCUT2D eigenvalue weighted by molar-refractivity contribution is 0.102. The molecule has 116 valence electrons.